The normalized spacial score (nSPS) is 11.6. The van der Waals surface area contributed by atoms with E-state index in [0.29, 0.717) is 9.90 Å². The number of sulfonamides is 1. The lowest BCUT2D eigenvalue weighted by Crippen LogP contribution is -2.11. The topological polar surface area (TPSA) is 46.2 Å². The van der Waals surface area contributed by atoms with Crippen molar-refractivity contribution in [2.24, 2.45) is 0 Å². The Kier molecular flexibility index (Phi) is 4.39. The van der Waals surface area contributed by atoms with Gasteiger partial charge in [0, 0.05) is 4.47 Å². The van der Waals surface area contributed by atoms with E-state index < -0.39 is 10.0 Å². The van der Waals surface area contributed by atoms with Crippen molar-refractivity contribution in [1.82, 2.24) is 0 Å². The number of halogens is 2. The van der Waals surface area contributed by atoms with Gasteiger partial charge >= 0.3 is 0 Å². The molecule has 7 heteroatoms. The molecule has 0 spiro atoms. The van der Waals surface area contributed by atoms with Crippen LogP contribution in [0.5, 0.6) is 0 Å². The molecular weight excluding hydrogens is 414 g/mol. The van der Waals surface area contributed by atoms with Gasteiger partial charge in [0.15, 0.2) is 0 Å². The highest BCUT2D eigenvalue weighted by Crippen LogP contribution is 2.32. The molecule has 0 aliphatic carbocycles. The van der Waals surface area contributed by atoms with Crippen LogP contribution in [0.15, 0.2) is 36.7 Å². The summed E-state index contributed by atoms with van der Waals surface area (Å²) in [5, 5.41) is 0. The van der Waals surface area contributed by atoms with Crippen molar-refractivity contribution < 1.29 is 8.42 Å². The number of thiophene rings is 1. The van der Waals surface area contributed by atoms with Crippen molar-refractivity contribution in [2.45, 2.75) is 18.1 Å². The van der Waals surface area contributed by atoms with E-state index in [4.69, 9.17) is 0 Å². The molecule has 1 N–H and O–H groups in total. The number of anilines is 1. The molecule has 0 saturated carbocycles. The Morgan fingerprint density at radius 1 is 1.11 bits per heavy atom. The van der Waals surface area contributed by atoms with Crippen molar-refractivity contribution in [3.63, 3.8) is 0 Å². The Labute approximate surface area is 133 Å². The van der Waals surface area contributed by atoms with E-state index in [2.05, 4.69) is 36.6 Å². The van der Waals surface area contributed by atoms with Crippen LogP contribution in [-0.2, 0) is 10.0 Å². The summed E-state index contributed by atoms with van der Waals surface area (Å²) in [5.74, 6) is 0. The largest absolute Gasteiger partial charge is 0.279 e. The van der Waals surface area contributed by atoms with Gasteiger partial charge in [0.25, 0.3) is 10.0 Å². The maximum Gasteiger partial charge on any atom is 0.271 e. The molecule has 0 aliphatic heterocycles. The van der Waals surface area contributed by atoms with Crippen LogP contribution < -0.4 is 4.72 Å². The maximum atomic E-state index is 12.3. The third-order valence-electron chi connectivity index (χ3n) is 2.39. The molecular formula is C12H11Br2NO2S2. The summed E-state index contributed by atoms with van der Waals surface area (Å²) in [4.78, 5) is 0. The van der Waals surface area contributed by atoms with Crippen molar-refractivity contribution >= 4 is 58.9 Å². The van der Waals surface area contributed by atoms with E-state index in [-0.39, 0.29) is 0 Å². The van der Waals surface area contributed by atoms with Crippen molar-refractivity contribution in [1.29, 1.82) is 0 Å². The smallest absolute Gasteiger partial charge is 0.271 e. The highest BCUT2D eigenvalue weighted by atomic mass is 79.9. The summed E-state index contributed by atoms with van der Waals surface area (Å²) in [6.45, 7) is 3.78. The van der Waals surface area contributed by atoms with Crippen molar-refractivity contribution in [3.05, 3.63) is 43.7 Å². The summed E-state index contributed by atoms with van der Waals surface area (Å²) in [5.41, 5.74) is 2.44. The lowest BCUT2D eigenvalue weighted by Gasteiger charge is -2.07. The van der Waals surface area contributed by atoms with E-state index in [0.717, 1.165) is 19.4 Å². The minimum atomic E-state index is -3.53. The summed E-state index contributed by atoms with van der Waals surface area (Å²) in [7, 11) is -3.53. The predicted octanol–water partition coefficient (Wildman–Crippen LogP) is 4.69. The first-order chi connectivity index (χ1) is 8.78. The van der Waals surface area contributed by atoms with Gasteiger partial charge in [-0.1, -0.05) is 15.9 Å². The van der Waals surface area contributed by atoms with Crippen molar-refractivity contribution in [2.75, 3.05) is 4.72 Å². The summed E-state index contributed by atoms with van der Waals surface area (Å²) in [6.07, 6.45) is 0. The molecule has 102 valence electrons. The lowest BCUT2D eigenvalue weighted by molar-refractivity contribution is 0.603. The van der Waals surface area contributed by atoms with E-state index in [1.165, 1.54) is 11.3 Å². The average molecular weight is 425 g/mol. The molecule has 19 heavy (non-hydrogen) atoms. The Bertz CT molecular complexity index is 684. The third-order valence-corrected chi connectivity index (χ3v) is 6.84. The van der Waals surface area contributed by atoms with Gasteiger partial charge in [-0.15, -0.1) is 11.3 Å². The van der Waals surface area contributed by atoms with Crippen LogP contribution in [0.3, 0.4) is 0 Å². The van der Waals surface area contributed by atoms with Crippen LogP contribution in [0.2, 0.25) is 0 Å². The fourth-order valence-electron chi connectivity index (χ4n) is 1.56. The molecule has 1 aromatic heterocycles. The molecule has 0 aliphatic rings. The van der Waals surface area contributed by atoms with Gasteiger partial charge in [-0.05, 0) is 65.2 Å². The van der Waals surface area contributed by atoms with Gasteiger partial charge < -0.3 is 0 Å². The predicted molar refractivity (Wildman–Crippen MR) is 86.4 cm³/mol. The molecule has 0 amide bonds. The quantitative estimate of drug-likeness (QED) is 0.776. The minimum absolute atomic E-state index is 0.300. The molecule has 0 saturated heterocycles. The van der Waals surface area contributed by atoms with Gasteiger partial charge in [-0.3, -0.25) is 4.72 Å². The number of hydrogen-bond donors (Lipinski definition) is 1. The lowest BCUT2D eigenvalue weighted by atomic mass is 10.2. The van der Waals surface area contributed by atoms with E-state index in [1.807, 2.05) is 19.9 Å². The van der Waals surface area contributed by atoms with Crippen LogP contribution in [0.25, 0.3) is 0 Å². The molecule has 0 fully saturated rings. The Hall–Kier alpha value is -0.370. The van der Waals surface area contributed by atoms with Gasteiger partial charge in [0.1, 0.15) is 4.21 Å². The zero-order valence-electron chi connectivity index (χ0n) is 10.2. The molecule has 0 unspecified atom stereocenters. The second kappa shape index (κ2) is 5.55. The maximum absolute atomic E-state index is 12.3. The highest BCUT2D eigenvalue weighted by molar-refractivity contribution is 9.11. The number of hydrogen-bond acceptors (Lipinski definition) is 3. The first-order valence-electron chi connectivity index (χ1n) is 5.34. The zero-order valence-corrected chi connectivity index (χ0v) is 15.0. The molecule has 0 atom stereocenters. The second-order valence-corrected chi connectivity index (χ2v) is 9.34. The number of nitrogens with one attached hydrogen (secondary N) is 1. The summed E-state index contributed by atoms with van der Waals surface area (Å²) < 4.78 is 29.1. The van der Waals surface area contributed by atoms with E-state index in [1.54, 1.807) is 18.2 Å². The number of benzene rings is 1. The van der Waals surface area contributed by atoms with E-state index >= 15 is 0 Å². The van der Waals surface area contributed by atoms with Crippen molar-refractivity contribution in [3.8, 4) is 0 Å². The standard InChI is InChI=1S/C12H11Br2NO2S2/c1-7-3-9(13)6-10(4-7)15-19(16,17)11-5-8(2)12(14)18-11/h3-6,15H,1-2H3. The first kappa shape index (κ1) is 15.0. The monoisotopic (exact) mass is 423 g/mol. The zero-order chi connectivity index (χ0) is 14.2. The minimum Gasteiger partial charge on any atom is -0.279 e. The molecule has 2 rings (SSSR count). The SMILES string of the molecule is Cc1cc(Br)cc(NS(=O)(=O)c2cc(C)c(Br)s2)c1. The average Bonchev–Trinajstić information content (AvgIpc) is 2.57. The molecule has 3 nitrogen and oxygen atoms in total. The van der Waals surface area contributed by atoms with Gasteiger partial charge in [0.05, 0.1) is 9.47 Å². The van der Waals surface area contributed by atoms with Gasteiger partial charge in [0.2, 0.25) is 0 Å². The molecule has 1 heterocycles. The molecule has 0 radical (unpaired) electrons. The van der Waals surface area contributed by atoms with Crippen LogP contribution in [0, 0.1) is 13.8 Å². The van der Waals surface area contributed by atoms with Crippen LogP contribution in [-0.4, -0.2) is 8.42 Å². The fraction of sp³-hybridized carbons (Fsp3) is 0.167. The molecule has 2 aromatic rings. The number of rotatable bonds is 3. The Morgan fingerprint density at radius 3 is 2.32 bits per heavy atom. The second-order valence-electron chi connectivity index (χ2n) is 4.14. The highest BCUT2D eigenvalue weighted by Gasteiger charge is 2.18. The Morgan fingerprint density at radius 2 is 1.79 bits per heavy atom. The fourth-order valence-corrected chi connectivity index (χ4v) is 5.44. The van der Waals surface area contributed by atoms with E-state index in [9.17, 15) is 8.42 Å². The summed E-state index contributed by atoms with van der Waals surface area (Å²) >= 11 is 7.89. The number of aryl methyl sites for hydroxylation is 2. The molecule has 1 aromatic carbocycles. The Balaban J connectivity index is 2.36. The summed E-state index contributed by atoms with van der Waals surface area (Å²) in [6, 6.07) is 7.10. The first-order valence-corrected chi connectivity index (χ1v) is 9.22. The van der Waals surface area contributed by atoms with Crippen LogP contribution in [0.1, 0.15) is 11.1 Å². The van der Waals surface area contributed by atoms with Crippen LogP contribution in [0.4, 0.5) is 5.69 Å². The molecule has 0 bridgehead atoms. The third kappa shape index (κ3) is 3.59. The van der Waals surface area contributed by atoms with Gasteiger partial charge in [-0.2, -0.15) is 0 Å². The van der Waals surface area contributed by atoms with Crippen LogP contribution >= 0.6 is 43.2 Å². The van der Waals surface area contributed by atoms with Gasteiger partial charge in [-0.25, -0.2) is 8.42 Å².